The van der Waals surface area contributed by atoms with Crippen LogP contribution in [0.1, 0.15) is 52.2 Å². The van der Waals surface area contributed by atoms with Crippen molar-refractivity contribution in [3.8, 4) is 6.07 Å². The molecule has 1 aliphatic carbocycles. The van der Waals surface area contributed by atoms with Gasteiger partial charge in [0, 0.05) is 0 Å². The van der Waals surface area contributed by atoms with E-state index < -0.39 is 0 Å². The van der Waals surface area contributed by atoms with E-state index in [9.17, 15) is 10.1 Å². The molecule has 0 amide bonds. The van der Waals surface area contributed by atoms with Crippen molar-refractivity contribution in [2.75, 3.05) is 7.11 Å². The van der Waals surface area contributed by atoms with Gasteiger partial charge in [0.2, 0.25) is 0 Å². The van der Waals surface area contributed by atoms with E-state index in [0.29, 0.717) is 17.0 Å². The molecule has 0 atom stereocenters. The molecule has 0 aliphatic heterocycles. The lowest BCUT2D eigenvalue weighted by molar-refractivity contribution is 0.0600. The summed E-state index contributed by atoms with van der Waals surface area (Å²) >= 11 is 0. The Kier molecular flexibility index (Phi) is 3.14. The predicted octanol–water partition coefficient (Wildman–Crippen LogP) is 2.92. The summed E-state index contributed by atoms with van der Waals surface area (Å²) in [4.78, 5) is 11.5. The molecule has 0 unspecified atom stereocenters. The van der Waals surface area contributed by atoms with Crippen molar-refractivity contribution in [3.05, 3.63) is 34.4 Å². The second kappa shape index (κ2) is 4.58. The Morgan fingerprint density at radius 2 is 2.18 bits per heavy atom. The number of ether oxygens (including phenoxy) is 1. The molecule has 1 saturated carbocycles. The number of hydrogen-bond acceptors (Lipinski definition) is 3. The van der Waals surface area contributed by atoms with Crippen LogP contribution in [0.4, 0.5) is 0 Å². The standard InChI is InChI=1S/C14H15NO2/c1-9-11(14(16)17-2)6-7-12(13(9)8-15)10-4-3-5-10/h6-7,10H,3-5H2,1-2H3. The molecule has 0 spiro atoms. The van der Waals surface area contributed by atoms with E-state index in [1.54, 1.807) is 6.07 Å². The van der Waals surface area contributed by atoms with Crippen molar-refractivity contribution in [1.29, 1.82) is 5.26 Å². The van der Waals surface area contributed by atoms with E-state index in [2.05, 4.69) is 6.07 Å². The zero-order valence-corrected chi connectivity index (χ0v) is 10.1. The largest absolute Gasteiger partial charge is 0.465 e. The molecule has 17 heavy (non-hydrogen) atoms. The third-order valence-electron chi connectivity index (χ3n) is 3.56. The van der Waals surface area contributed by atoms with Crippen LogP contribution in [0, 0.1) is 18.3 Å². The maximum atomic E-state index is 11.5. The topological polar surface area (TPSA) is 50.1 Å². The van der Waals surface area contributed by atoms with Gasteiger partial charge in [-0.05, 0) is 42.9 Å². The molecule has 1 aliphatic rings. The minimum Gasteiger partial charge on any atom is -0.465 e. The van der Waals surface area contributed by atoms with Gasteiger partial charge in [-0.25, -0.2) is 4.79 Å². The van der Waals surface area contributed by atoms with Crippen LogP contribution in [0.3, 0.4) is 0 Å². The molecule has 0 bridgehead atoms. The lowest BCUT2D eigenvalue weighted by Gasteiger charge is -2.27. The lowest BCUT2D eigenvalue weighted by atomic mass is 9.77. The van der Waals surface area contributed by atoms with Gasteiger partial charge in [0.15, 0.2) is 0 Å². The number of nitriles is 1. The van der Waals surface area contributed by atoms with Gasteiger partial charge in [0.1, 0.15) is 0 Å². The summed E-state index contributed by atoms with van der Waals surface area (Å²) in [6, 6.07) is 5.90. The highest BCUT2D eigenvalue weighted by Crippen LogP contribution is 2.39. The molecule has 3 nitrogen and oxygen atoms in total. The third kappa shape index (κ3) is 1.91. The van der Waals surface area contributed by atoms with Crippen LogP contribution in [-0.4, -0.2) is 13.1 Å². The van der Waals surface area contributed by atoms with Crippen LogP contribution < -0.4 is 0 Å². The summed E-state index contributed by atoms with van der Waals surface area (Å²) in [5.74, 6) is 0.120. The molecule has 0 heterocycles. The van der Waals surface area contributed by atoms with E-state index in [1.807, 2.05) is 13.0 Å². The molecular weight excluding hydrogens is 214 g/mol. The van der Waals surface area contributed by atoms with Crippen LogP contribution >= 0.6 is 0 Å². The SMILES string of the molecule is COC(=O)c1ccc(C2CCC2)c(C#N)c1C. The summed E-state index contributed by atoms with van der Waals surface area (Å²) in [5.41, 5.74) is 2.97. The van der Waals surface area contributed by atoms with Gasteiger partial charge in [-0.3, -0.25) is 0 Å². The number of carbonyl (C=O) groups is 1. The minimum absolute atomic E-state index is 0.376. The Morgan fingerprint density at radius 3 is 2.65 bits per heavy atom. The third-order valence-corrected chi connectivity index (χ3v) is 3.56. The van der Waals surface area contributed by atoms with Gasteiger partial charge in [-0.1, -0.05) is 12.5 Å². The van der Waals surface area contributed by atoms with Crippen molar-refractivity contribution in [2.45, 2.75) is 32.1 Å². The second-order valence-corrected chi connectivity index (χ2v) is 4.43. The first kappa shape index (κ1) is 11.7. The van der Waals surface area contributed by atoms with E-state index in [-0.39, 0.29) is 5.97 Å². The minimum atomic E-state index is -0.376. The van der Waals surface area contributed by atoms with Gasteiger partial charge < -0.3 is 4.74 Å². The summed E-state index contributed by atoms with van der Waals surface area (Å²) in [7, 11) is 1.35. The maximum Gasteiger partial charge on any atom is 0.338 e. The monoisotopic (exact) mass is 229 g/mol. The first-order chi connectivity index (χ1) is 8.19. The number of benzene rings is 1. The molecule has 1 fully saturated rings. The number of methoxy groups -OCH3 is 1. The van der Waals surface area contributed by atoms with Crippen LogP contribution in [0.25, 0.3) is 0 Å². The fourth-order valence-corrected chi connectivity index (χ4v) is 2.27. The first-order valence-electron chi connectivity index (χ1n) is 5.81. The van der Waals surface area contributed by atoms with E-state index in [1.165, 1.54) is 13.5 Å². The Balaban J connectivity index is 2.48. The highest BCUT2D eigenvalue weighted by molar-refractivity contribution is 5.91. The fraction of sp³-hybridized carbons (Fsp3) is 0.429. The Labute approximate surface area is 101 Å². The molecule has 0 radical (unpaired) electrons. The molecule has 3 heteroatoms. The Bertz CT molecular complexity index is 496. The van der Waals surface area contributed by atoms with E-state index in [4.69, 9.17) is 4.74 Å². The molecular formula is C14H15NO2. The highest BCUT2D eigenvalue weighted by atomic mass is 16.5. The normalized spacial score (nSPS) is 14.9. The van der Waals surface area contributed by atoms with Gasteiger partial charge in [-0.2, -0.15) is 5.26 Å². The molecule has 88 valence electrons. The fourth-order valence-electron chi connectivity index (χ4n) is 2.27. The smallest absolute Gasteiger partial charge is 0.338 e. The number of carbonyl (C=O) groups excluding carboxylic acids is 1. The van der Waals surface area contributed by atoms with Crippen LogP contribution in [0.15, 0.2) is 12.1 Å². The summed E-state index contributed by atoms with van der Waals surface area (Å²) in [5, 5.41) is 9.24. The first-order valence-corrected chi connectivity index (χ1v) is 5.81. The summed E-state index contributed by atoms with van der Waals surface area (Å²) in [6.45, 7) is 1.81. The number of rotatable bonds is 2. The summed E-state index contributed by atoms with van der Waals surface area (Å²) < 4.78 is 4.71. The Hall–Kier alpha value is -1.82. The lowest BCUT2D eigenvalue weighted by Crippen LogP contribution is -2.13. The zero-order chi connectivity index (χ0) is 12.4. The second-order valence-electron chi connectivity index (χ2n) is 4.43. The van der Waals surface area contributed by atoms with Crippen molar-refractivity contribution in [3.63, 3.8) is 0 Å². The van der Waals surface area contributed by atoms with Crippen LogP contribution in [0.2, 0.25) is 0 Å². The maximum absolute atomic E-state index is 11.5. The van der Waals surface area contributed by atoms with Crippen LogP contribution in [0.5, 0.6) is 0 Å². The average molecular weight is 229 g/mol. The number of esters is 1. The Morgan fingerprint density at radius 1 is 1.47 bits per heavy atom. The summed E-state index contributed by atoms with van der Waals surface area (Å²) in [6.07, 6.45) is 3.52. The number of hydrogen-bond donors (Lipinski definition) is 0. The zero-order valence-electron chi connectivity index (χ0n) is 10.1. The van der Waals surface area contributed by atoms with Crippen molar-refractivity contribution in [1.82, 2.24) is 0 Å². The van der Waals surface area contributed by atoms with E-state index in [0.717, 1.165) is 24.0 Å². The predicted molar refractivity (Wildman–Crippen MR) is 63.8 cm³/mol. The molecule has 2 rings (SSSR count). The van der Waals surface area contributed by atoms with Gasteiger partial charge in [0.05, 0.1) is 24.3 Å². The molecule has 1 aromatic rings. The highest BCUT2D eigenvalue weighted by Gasteiger charge is 2.25. The van der Waals surface area contributed by atoms with Gasteiger partial charge in [-0.15, -0.1) is 0 Å². The number of nitrogens with zero attached hydrogens (tertiary/aromatic N) is 1. The molecule has 1 aromatic carbocycles. The van der Waals surface area contributed by atoms with Crippen molar-refractivity contribution < 1.29 is 9.53 Å². The average Bonchev–Trinajstić information content (AvgIpc) is 2.26. The molecule has 0 N–H and O–H groups in total. The van der Waals surface area contributed by atoms with Crippen molar-refractivity contribution >= 4 is 5.97 Å². The molecule has 0 saturated heterocycles. The van der Waals surface area contributed by atoms with Crippen molar-refractivity contribution in [2.24, 2.45) is 0 Å². The molecule has 0 aromatic heterocycles. The quantitative estimate of drug-likeness (QED) is 0.732. The van der Waals surface area contributed by atoms with E-state index >= 15 is 0 Å². The van der Waals surface area contributed by atoms with Gasteiger partial charge in [0.25, 0.3) is 0 Å². The van der Waals surface area contributed by atoms with Crippen LogP contribution in [-0.2, 0) is 4.74 Å². The van der Waals surface area contributed by atoms with Gasteiger partial charge >= 0.3 is 5.97 Å².